The van der Waals surface area contributed by atoms with Crippen molar-refractivity contribution in [1.82, 2.24) is 10.9 Å². The highest BCUT2D eigenvalue weighted by atomic mass is 35.5. The number of anilines is 1. The highest BCUT2D eigenvalue weighted by molar-refractivity contribution is 6.30. The van der Waals surface area contributed by atoms with Crippen LogP contribution >= 0.6 is 11.6 Å². The first kappa shape index (κ1) is 15.9. The van der Waals surface area contributed by atoms with Crippen LogP contribution in [0.25, 0.3) is 0 Å². The molecule has 1 saturated heterocycles. The van der Waals surface area contributed by atoms with Crippen molar-refractivity contribution in [2.24, 2.45) is 0 Å². The van der Waals surface area contributed by atoms with Crippen molar-refractivity contribution in [3.8, 4) is 0 Å². The van der Waals surface area contributed by atoms with Gasteiger partial charge < -0.3 is 5.32 Å². The molecule has 2 aromatic rings. The predicted molar refractivity (Wildman–Crippen MR) is 83.9 cm³/mol. The Balaban J connectivity index is 1.65. The van der Waals surface area contributed by atoms with E-state index < -0.39 is 23.6 Å². The second kappa shape index (κ2) is 6.62. The summed E-state index contributed by atoms with van der Waals surface area (Å²) in [5.74, 6) is -1.73. The van der Waals surface area contributed by atoms with Gasteiger partial charge in [-0.15, -0.1) is 0 Å². The number of benzene rings is 2. The quantitative estimate of drug-likeness (QED) is 0.806. The lowest BCUT2D eigenvalue weighted by atomic mass is 10.0. The van der Waals surface area contributed by atoms with Crippen LogP contribution in [0.5, 0.6) is 0 Å². The molecular formula is C16H14ClF2N3O. The Morgan fingerprint density at radius 1 is 1.13 bits per heavy atom. The van der Waals surface area contributed by atoms with Crippen LogP contribution in [0.2, 0.25) is 5.02 Å². The van der Waals surface area contributed by atoms with Crippen molar-refractivity contribution < 1.29 is 13.6 Å². The molecule has 1 aliphatic heterocycles. The van der Waals surface area contributed by atoms with Crippen LogP contribution < -0.4 is 16.2 Å². The molecule has 2 atom stereocenters. The van der Waals surface area contributed by atoms with E-state index in [-0.39, 0.29) is 11.7 Å². The molecule has 120 valence electrons. The van der Waals surface area contributed by atoms with E-state index in [1.165, 1.54) is 0 Å². The fourth-order valence-electron chi connectivity index (χ4n) is 2.45. The number of hydrogen-bond acceptors (Lipinski definition) is 3. The van der Waals surface area contributed by atoms with E-state index >= 15 is 0 Å². The fraction of sp³-hybridized carbons (Fsp3) is 0.188. The lowest BCUT2D eigenvalue weighted by molar-refractivity contribution is -0.117. The van der Waals surface area contributed by atoms with Crippen molar-refractivity contribution >= 4 is 23.2 Å². The largest absolute Gasteiger partial charge is 0.322 e. The Bertz CT molecular complexity index is 724. The lowest BCUT2D eigenvalue weighted by Crippen LogP contribution is -2.39. The number of hydrogen-bond donors (Lipinski definition) is 3. The number of carbonyl (C=O) groups excluding carboxylic acids is 1. The first-order valence-electron chi connectivity index (χ1n) is 7.05. The number of nitrogens with one attached hydrogen (secondary N) is 3. The minimum atomic E-state index is -0.681. The summed E-state index contributed by atoms with van der Waals surface area (Å²) in [6.45, 7) is 0. The van der Waals surface area contributed by atoms with Crippen molar-refractivity contribution in [3.63, 3.8) is 0 Å². The Kier molecular flexibility index (Phi) is 4.56. The van der Waals surface area contributed by atoms with Gasteiger partial charge in [0.15, 0.2) is 0 Å². The molecule has 1 amide bonds. The first-order valence-corrected chi connectivity index (χ1v) is 7.43. The molecule has 2 aromatic carbocycles. The summed E-state index contributed by atoms with van der Waals surface area (Å²) in [7, 11) is 0. The van der Waals surface area contributed by atoms with E-state index in [4.69, 9.17) is 11.6 Å². The predicted octanol–water partition coefficient (Wildman–Crippen LogP) is 3.16. The maximum Gasteiger partial charge on any atom is 0.243 e. The standard InChI is InChI=1S/C16H14ClF2N3O/c17-10-3-1-9(2-4-10)13-8-15(22-21-13)16(23)20-14-7-11(18)5-6-12(14)19/h1-7,13,15,21-22H,8H2,(H,20,23). The summed E-state index contributed by atoms with van der Waals surface area (Å²) in [6.07, 6.45) is 0.477. The monoisotopic (exact) mass is 337 g/mol. The van der Waals surface area contributed by atoms with Crippen LogP contribution in [0, 0.1) is 11.6 Å². The van der Waals surface area contributed by atoms with Gasteiger partial charge in [-0.3, -0.25) is 4.79 Å². The van der Waals surface area contributed by atoms with Gasteiger partial charge in [0.05, 0.1) is 5.69 Å². The van der Waals surface area contributed by atoms with E-state index in [0.29, 0.717) is 11.4 Å². The number of amides is 1. The highest BCUT2D eigenvalue weighted by Crippen LogP contribution is 2.24. The Hall–Kier alpha value is -2.02. The minimum Gasteiger partial charge on any atom is -0.322 e. The molecule has 0 aliphatic carbocycles. The summed E-state index contributed by atoms with van der Waals surface area (Å²) < 4.78 is 26.7. The van der Waals surface area contributed by atoms with Gasteiger partial charge in [-0.1, -0.05) is 23.7 Å². The smallest absolute Gasteiger partial charge is 0.243 e. The average molecular weight is 338 g/mol. The zero-order valence-corrected chi connectivity index (χ0v) is 12.7. The second-order valence-corrected chi connectivity index (χ2v) is 5.73. The summed E-state index contributed by atoms with van der Waals surface area (Å²) in [6, 6.07) is 9.58. The van der Waals surface area contributed by atoms with E-state index in [0.717, 1.165) is 23.8 Å². The molecule has 1 fully saturated rings. The van der Waals surface area contributed by atoms with Gasteiger partial charge in [0.25, 0.3) is 0 Å². The summed E-state index contributed by atoms with van der Waals surface area (Å²) in [5.41, 5.74) is 6.68. The molecule has 3 N–H and O–H groups in total. The molecule has 23 heavy (non-hydrogen) atoms. The third-order valence-corrected chi connectivity index (χ3v) is 3.93. The number of carbonyl (C=O) groups is 1. The fourth-order valence-corrected chi connectivity index (χ4v) is 2.58. The molecule has 1 aliphatic rings. The van der Waals surface area contributed by atoms with Crippen LogP contribution in [0.1, 0.15) is 18.0 Å². The van der Waals surface area contributed by atoms with Gasteiger partial charge in [0.1, 0.15) is 17.7 Å². The van der Waals surface area contributed by atoms with Crippen molar-refractivity contribution in [1.29, 1.82) is 0 Å². The van der Waals surface area contributed by atoms with Crippen LogP contribution in [-0.2, 0) is 4.79 Å². The van der Waals surface area contributed by atoms with Crippen molar-refractivity contribution in [3.05, 3.63) is 64.7 Å². The third kappa shape index (κ3) is 3.67. The summed E-state index contributed by atoms with van der Waals surface area (Å²) >= 11 is 5.85. The van der Waals surface area contributed by atoms with Gasteiger partial charge in [-0.25, -0.2) is 19.6 Å². The Morgan fingerprint density at radius 3 is 2.61 bits per heavy atom. The maximum absolute atomic E-state index is 13.6. The zero-order valence-electron chi connectivity index (χ0n) is 11.9. The third-order valence-electron chi connectivity index (χ3n) is 3.68. The SMILES string of the molecule is O=C(Nc1cc(F)ccc1F)C1CC(c2ccc(Cl)cc2)NN1. The Labute approximate surface area is 136 Å². The average Bonchev–Trinajstić information content (AvgIpc) is 3.02. The molecular weight excluding hydrogens is 324 g/mol. The Morgan fingerprint density at radius 2 is 1.87 bits per heavy atom. The van der Waals surface area contributed by atoms with Crippen molar-refractivity contribution in [2.75, 3.05) is 5.32 Å². The molecule has 3 rings (SSSR count). The molecule has 1 heterocycles. The molecule has 0 radical (unpaired) electrons. The molecule has 4 nitrogen and oxygen atoms in total. The van der Waals surface area contributed by atoms with Gasteiger partial charge >= 0.3 is 0 Å². The van der Waals surface area contributed by atoms with Gasteiger partial charge in [0.2, 0.25) is 5.91 Å². The molecule has 0 bridgehead atoms. The number of hydrazine groups is 1. The second-order valence-electron chi connectivity index (χ2n) is 5.29. The van der Waals surface area contributed by atoms with E-state index in [1.807, 2.05) is 12.1 Å². The number of rotatable bonds is 3. The molecule has 0 spiro atoms. The van der Waals surface area contributed by atoms with Gasteiger partial charge in [-0.05, 0) is 36.2 Å². The summed E-state index contributed by atoms with van der Waals surface area (Å²) in [5, 5.41) is 3.03. The summed E-state index contributed by atoms with van der Waals surface area (Å²) in [4.78, 5) is 12.2. The molecule has 7 heteroatoms. The van der Waals surface area contributed by atoms with Crippen LogP contribution in [0.3, 0.4) is 0 Å². The molecule has 2 unspecified atom stereocenters. The van der Waals surface area contributed by atoms with E-state index in [1.54, 1.807) is 12.1 Å². The van der Waals surface area contributed by atoms with Crippen LogP contribution in [-0.4, -0.2) is 11.9 Å². The van der Waals surface area contributed by atoms with E-state index in [2.05, 4.69) is 16.2 Å². The lowest BCUT2D eigenvalue weighted by Gasteiger charge is -2.11. The zero-order chi connectivity index (χ0) is 16.4. The van der Waals surface area contributed by atoms with E-state index in [9.17, 15) is 13.6 Å². The molecule has 0 saturated carbocycles. The van der Waals surface area contributed by atoms with Crippen molar-refractivity contribution in [2.45, 2.75) is 18.5 Å². The van der Waals surface area contributed by atoms with Gasteiger partial charge in [0, 0.05) is 17.1 Å². The normalized spacial score (nSPS) is 20.5. The van der Waals surface area contributed by atoms with Crippen LogP contribution in [0.4, 0.5) is 14.5 Å². The minimum absolute atomic E-state index is 0.0691. The topological polar surface area (TPSA) is 53.2 Å². The first-order chi connectivity index (χ1) is 11.0. The number of halogens is 3. The van der Waals surface area contributed by atoms with Gasteiger partial charge in [-0.2, -0.15) is 0 Å². The maximum atomic E-state index is 13.6. The highest BCUT2D eigenvalue weighted by Gasteiger charge is 2.30. The molecule has 0 aromatic heterocycles. The van der Waals surface area contributed by atoms with Crippen LogP contribution in [0.15, 0.2) is 42.5 Å².